The lowest BCUT2D eigenvalue weighted by Gasteiger charge is -2.34. The fourth-order valence-corrected chi connectivity index (χ4v) is 1.34. The van der Waals surface area contributed by atoms with Gasteiger partial charge < -0.3 is 4.48 Å². The van der Waals surface area contributed by atoms with Crippen LogP contribution in [0.4, 0.5) is 0 Å². The maximum absolute atomic E-state index is 2.27. The Morgan fingerprint density at radius 3 is 0.833 bits per heavy atom. The molecular weight excluding hydrogens is 143 g/mol. The zero-order valence-electron chi connectivity index (χ0n) is 8.43. The molecule has 0 saturated heterocycles. The Morgan fingerprint density at radius 2 is 0.833 bits per heavy atom. The summed E-state index contributed by atoms with van der Waals surface area (Å²) < 4.78 is 1.28. The fraction of sp³-hybridized carbons (Fsp3) is 1.00. The molecule has 6 radical (unpaired) electrons. The molecule has 0 aliphatic rings. The number of quaternary nitrogens is 1. The molecule has 0 spiro atoms. The summed E-state index contributed by atoms with van der Waals surface area (Å²) in [5, 5.41) is 0. The van der Waals surface area contributed by atoms with Crippen LogP contribution in [-0.4, -0.2) is 55.9 Å². The van der Waals surface area contributed by atoms with Gasteiger partial charge in [0.2, 0.25) is 0 Å². The third-order valence-corrected chi connectivity index (χ3v) is 2.68. The molecule has 0 aromatic rings. The Bertz CT molecular complexity index is 57.2. The van der Waals surface area contributed by atoms with E-state index in [9.17, 15) is 0 Å². The summed E-state index contributed by atoms with van der Waals surface area (Å²) in [6.07, 6.45) is 0. The van der Waals surface area contributed by atoms with Crippen LogP contribution in [0.3, 0.4) is 0 Å². The molecule has 0 heterocycles. The third-order valence-electron chi connectivity index (χ3n) is 2.68. The van der Waals surface area contributed by atoms with Crippen molar-refractivity contribution in [3.05, 3.63) is 0 Å². The summed E-state index contributed by atoms with van der Waals surface area (Å²) >= 11 is 0. The topological polar surface area (TPSA) is 0 Å². The highest BCUT2D eigenvalue weighted by Gasteiger charge is 2.16. The molecule has 0 unspecified atom stereocenters. The fourth-order valence-electron chi connectivity index (χ4n) is 1.34. The molecular formula is C8H24B3N. The normalized spacial score (nSPS) is 9.00. The molecule has 1 nitrogen and oxygen atoms in total. The Labute approximate surface area is 84.2 Å². The zero-order valence-corrected chi connectivity index (χ0v) is 8.43. The number of nitrogens with zero attached hydrogens (tertiary/aromatic N) is 1. The van der Waals surface area contributed by atoms with E-state index in [-0.39, 0.29) is 25.2 Å². The molecule has 4 heteroatoms. The highest BCUT2D eigenvalue weighted by molar-refractivity contribution is 5.76. The van der Waals surface area contributed by atoms with E-state index in [4.69, 9.17) is 0 Å². The van der Waals surface area contributed by atoms with Gasteiger partial charge in [0.25, 0.3) is 0 Å². The molecule has 0 amide bonds. The van der Waals surface area contributed by atoms with Gasteiger partial charge in [0, 0.05) is 16.8 Å². The summed E-state index contributed by atoms with van der Waals surface area (Å²) in [6, 6.07) is 0. The predicted molar refractivity (Wildman–Crippen MR) is 65.3 cm³/mol. The Balaban J connectivity index is -0.000000107. The van der Waals surface area contributed by atoms with E-state index in [1.54, 1.807) is 0 Å². The van der Waals surface area contributed by atoms with Crippen LogP contribution in [0.1, 0.15) is 27.7 Å². The van der Waals surface area contributed by atoms with E-state index in [0.717, 1.165) is 0 Å². The molecule has 0 rings (SSSR count). The van der Waals surface area contributed by atoms with Gasteiger partial charge in [-0.1, -0.05) is 8.41 Å². The van der Waals surface area contributed by atoms with Crippen molar-refractivity contribution in [3.63, 3.8) is 0 Å². The van der Waals surface area contributed by atoms with Gasteiger partial charge in [-0.3, -0.25) is 0 Å². The van der Waals surface area contributed by atoms with Crippen molar-refractivity contribution in [2.45, 2.75) is 27.7 Å². The quantitative estimate of drug-likeness (QED) is 0.397. The Morgan fingerprint density at radius 1 is 0.667 bits per heavy atom. The number of hydrogen-bond acceptors (Lipinski definition) is 0. The van der Waals surface area contributed by atoms with Gasteiger partial charge in [0.15, 0.2) is 0 Å². The summed E-state index contributed by atoms with van der Waals surface area (Å²) in [5.41, 5.74) is 0. The largest absolute Gasteiger partial charge is 0.325 e. The van der Waals surface area contributed by atoms with E-state index in [2.05, 4.69) is 27.7 Å². The van der Waals surface area contributed by atoms with Gasteiger partial charge >= 0.3 is 0 Å². The molecule has 0 bridgehead atoms. The van der Waals surface area contributed by atoms with Crippen LogP contribution in [0, 0.1) is 0 Å². The minimum absolute atomic E-state index is 0. The highest BCUT2D eigenvalue weighted by atomic mass is 15.3. The lowest BCUT2D eigenvalue weighted by molar-refractivity contribution is -0.921. The molecule has 0 aromatic carbocycles. The van der Waals surface area contributed by atoms with Crippen molar-refractivity contribution in [1.82, 2.24) is 0 Å². The van der Waals surface area contributed by atoms with Crippen molar-refractivity contribution in [3.8, 4) is 0 Å². The van der Waals surface area contributed by atoms with E-state index >= 15 is 0 Å². The first-order valence-corrected chi connectivity index (χ1v) is 4.09. The molecule has 0 atom stereocenters. The van der Waals surface area contributed by atoms with Crippen molar-refractivity contribution in [2.24, 2.45) is 0 Å². The van der Waals surface area contributed by atoms with Crippen LogP contribution >= 0.6 is 0 Å². The number of rotatable bonds is 4. The maximum Gasteiger partial charge on any atom is 0.0757 e. The second-order valence-electron chi connectivity index (χ2n) is 2.61. The van der Waals surface area contributed by atoms with Crippen molar-refractivity contribution in [1.29, 1.82) is 0 Å². The maximum atomic E-state index is 2.27. The molecule has 0 aromatic heterocycles. The smallest absolute Gasteiger partial charge is 0.0757 e. The summed E-state index contributed by atoms with van der Waals surface area (Å²) in [5.74, 6) is 0. The summed E-state index contributed by atoms with van der Waals surface area (Å²) in [6.45, 7) is 14.2. The van der Waals surface area contributed by atoms with Crippen LogP contribution in [-0.2, 0) is 0 Å². The first-order valence-electron chi connectivity index (χ1n) is 4.09. The van der Waals surface area contributed by atoms with Gasteiger partial charge in [-0.15, -0.1) is 0 Å². The van der Waals surface area contributed by atoms with E-state index in [1.165, 1.54) is 30.7 Å². The van der Waals surface area contributed by atoms with Crippen LogP contribution in [0.5, 0.6) is 0 Å². The zero-order chi connectivity index (χ0) is 7.33. The minimum Gasteiger partial charge on any atom is -0.325 e. The summed E-state index contributed by atoms with van der Waals surface area (Å²) in [4.78, 5) is 0. The van der Waals surface area contributed by atoms with Crippen molar-refractivity contribution < 1.29 is 4.48 Å². The minimum atomic E-state index is 0. The van der Waals surface area contributed by atoms with E-state index in [0.29, 0.717) is 0 Å². The molecule has 0 N–H and O–H groups in total. The predicted octanol–water partition coefficient (Wildman–Crippen LogP) is -0.330. The van der Waals surface area contributed by atoms with E-state index in [1.807, 2.05) is 0 Å². The van der Waals surface area contributed by atoms with Gasteiger partial charge in [0.05, 0.1) is 26.2 Å². The van der Waals surface area contributed by atoms with Gasteiger partial charge in [0.1, 0.15) is 0 Å². The second kappa shape index (κ2) is 11.2. The van der Waals surface area contributed by atoms with Crippen LogP contribution < -0.4 is 0 Å². The van der Waals surface area contributed by atoms with Gasteiger partial charge in [-0.05, 0) is 27.7 Å². The summed E-state index contributed by atoms with van der Waals surface area (Å²) in [7, 11) is 0. The number of hydrogen-bond donors (Lipinski definition) is 0. The lowest BCUT2D eigenvalue weighted by atomic mass is 10.3. The molecule has 0 fully saturated rings. The monoisotopic (exact) mass is 167 g/mol. The molecule has 70 valence electrons. The Kier molecular flexibility index (Phi) is 21.1. The Hall–Kier alpha value is 0.155. The SMILES string of the molecule is CC[N+](CC)(CC)CC.[BH4-].[B].[B]. The highest BCUT2D eigenvalue weighted by Crippen LogP contribution is 2.03. The van der Waals surface area contributed by atoms with Gasteiger partial charge in [-0.2, -0.15) is 0 Å². The van der Waals surface area contributed by atoms with E-state index < -0.39 is 0 Å². The van der Waals surface area contributed by atoms with Crippen LogP contribution in [0.2, 0.25) is 0 Å². The van der Waals surface area contributed by atoms with Crippen LogP contribution in [0.15, 0.2) is 0 Å². The average Bonchev–Trinajstić information content (AvgIpc) is 1.95. The van der Waals surface area contributed by atoms with Crippen molar-refractivity contribution >= 4 is 25.2 Å². The van der Waals surface area contributed by atoms with Crippen LogP contribution in [0.25, 0.3) is 0 Å². The van der Waals surface area contributed by atoms with Gasteiger partial charge in [-0.25, -0.2) is 0 Å². The third kappa shape index (κ3) is 5.76. The molecule has 0 saturated carbocycles. The molecule has 0 aliphatic carbocycles. The molecule has 0 aliphatic heterocycles. The first kappa shape index (κ1) is 22.7. The van der Waals surface area contributed by atoms with Crippen molar-refractivity contribution in [2.75, 3.05) is 26.2 Å². The second-order valence-corrected chi connectivity index (χ2v) is 2.61. The first-order chi connectivity index (χ1) is 4.24. The average molecular weight is 167 g/mol. The standard InChI is InChI=1S/C8H20N.BH4.2B/c1-5-9(6-2,7-3)8-4;;;/h5-8H2,1-4H3;1H4;;/q+1;-1;;. The molecule has 12 heavy (non-hydrogen) atoms. The lowest BCUT2D eigenvalue weighted by Crippen LogP contribution is -2.47.